The van der Waals surface area contributed by atoms with Crippen LogP contribution >= 0.6 is 0 Å². The molecule has 2 N–H and O–H groups in total. The number of carbonyl (C=O) groups excluding carboxylic acids is 2. The highest BCUT2D eigenvalue weighted by Gasteiger charge is 2.05. The van der Waals surface area contributed by atoms with Crippen LogP contribution in [0.25, 0.3) is 0 Å². The van der Waals surface area contributed by atoms with Gasteiger partial charge in [0.2, 0.25) is 5.91 Å². The summed E-state index contributed by atoms with van der Waals surface area (Å²) in [4.78, 5) is 27.0. The zero-order chi connectivity index (χ0) is 15.8. The molecule has 0 saturated carbocycles. The van der Waals surface area contributed by atoms with E-state index in [-0.39, 0.29) is 18.2 Å². The van der Waals surface area contributed by atoms with Gasteiger partial charge in [-0.25, -0.2) is 0 Å². The normalized spacial score (nSPS) is 9.59. The number of hydrogen-bond acceptors (Lipinski definition) is 4. The van der Waals surface area contributed by atoms with Crippen molar-refractivity contribution >= 4 is 17.5 Å². The Hall–Kier alpha value is -3.20. The molecule has 0 fully saturated rings. The van der Waals surface area contributed by atoms with Gasteiger partial charge in [0.25, 0.3) is 5.91 Å². The van der Waals surface area contributed by atoms with Crippen LogP contribution in [-0.4, -0.2) is 16.8 Å². The number of pyridine rings is 1. The second-order valence-electron chi connectivity index (χ2n) is 4.50. The fraction of sp³-hybridized carbons (Fsp3) is 0.125. The van der Waals surface area contributed by atoms with Gasteiger partial charge in [-0.2, -0.15) is 5.26 Å². The van der Waals surface area contributed by atoms with E-state index < -0.39 is 0 Å². The van der Waals surface area contributed by atoms with E-state index >= 15 is 0 Å². The second-order valence-corrected chi connectivity index (χ2v) is 4.50. The first-order valence-corrected chi connectivity index (χ1v) is 6.63. The highest BCUT2D eigenvalue weighted by Crippen LogP contribution is 2.10. The molecule has 0 aliphatic carbocycles. The number of benzene rings is 1. The monoisotopic (exact) mass is 294 g/mol. The summed E-state index contributed by atoms with van der Waals surface area (Å²) in [6.07, 6.45) is 2.93. The molecular formula is C16H14N4O2. The van der Waals surface area contributed by atoms with Crippen molar-refractivity contribution in [3.63, 3.8) is 0 Å². The topological polar surface area (TPSA) is 94.9 Å². The SMILES string of the molecule is N#CCC(=O)Nc1ccc(CNC(=O)c2cccnc2)cc1. The molecule has 1 heterocycles. The molecule has 0 spiro atoms. The van der Waals surface area contributed by atoms with Crippen LogP contribution in [0.1, 0.15) is 22.3 Å². The molecular weight excluding hydrogens is 280 g/mol. The molecule has 2 aromatic rings. The Morgan fingerprint density at radius 3 is 2.59 bits per heavy atom. The lowest BCUT2D eigenvalue weighted by molar-refractivity contribution is -0.115. The molecule has 6 nitrogen and oxygen atoms in total. The van der Waals surface area contributed by atoms with E-state index in [1.807, 2.05) is 0 Å². The molecule has 1 aromatic carbocycles. The van der Waals surface area contributed by atoms with Crippen molar-refractivity contribution in [1.29, 1.82) is 5.26 Å². The molecule has 0 aliphatic heterocycles. The summed E-state index contributed by atoms with van der Waals surface area (Å²) in [7, 11) is 0. The van der Waals surface area contributed by atoms with Gasteiger partial charge in [-0.1, -0.05) is 12.1 Å². The largest absolute Gasteiger partial charge is 0.348 e. The molecule has 0 atom stereocenters. The number of nitrogens with one attached hydrogen (secondary N) is 2. The zero-order valence-corrected chi connectivity index (χ0v) is 11.7. The van der Waals surface area contributed by atoms with Crippen LogP contribution < -0.4 is 10.6 Å². The zero-order valence-electron chi connectivity index (χ0n) is 11.7. The lowest BCUT2D eigenvalue weighted by Gasteiger charge is -2.07. The van der Waals surface area contributed by atoms with Crippen molar-refractivity contribution in [2.75, 3.05) is 5.32 Å². The Morgan fingerprint density at radius 1 is 1.18 bits per heavy atom. The van der Waals surface area contributed by atoms with E-state index in [2.05, 4.69) is 15.6 Å². The van der Waals surface area contributed by atoms with Crippen LogP contribution in [0.15, 0.2) is 48.8 Å². The van der Waals surface area contributed by atoms with Gasteiger partial charge in [-0.3, -0.25) is 14.6 Å². The Morgan fingerprint density at radius 2 is 1.95 bits per heavy atom. The van der Waals surface area contributed by atoms with Gasteiger partial charge in [0.15, 0.2) is 0 Å². The Bertz CT molecular complexity index is 690. The lowest BCUT2D eigenvalue weighted by atomic mass is 10.2. The molecule has 110 valence electrons. The predicted molar refractivity (Wildman–Crippen MR) is 80.7 cm³/mol. The summed E-state index contributed by atoms with van der Waals surface area (Å²) < 4.78 is 0. The first-order valence-electron chi connectivity index (χ1n) is 6.63. The summed E-state index contributed by atoms with van der Waals surface area (Å²) >= 11 is 0. The summed E-state index contributed by atoms with van der Waals surface area (Å²) in [5.74, 6) is -0.542. The van der Waals surface area contributed by atoms with Gasteiger partial charge in [0, 0.05) is 24.6 Å². The average molecular weight is 294 g/mol. The van der Waals surface area contributed by atoms with E-state index in [4.69, 9.17) is 5.26 Å². The second kappa shape index (κ2) is 7.55. The summed E-state index contributed by atoms with van der Waals surface area (Å²) in [5.41, 5.74) is 2.01. The summed E-state index contributed by atoms with van der Waals surface area (Å²) in [6, 6.07) is 12.2. The summed E-state index contributed by atoms with van der Waals surface area (Å²) in [5, 5.41) is 13.8. The van der Waals surface area contributed by atoms with E-state index in [1.54, 1.807) is 48.7 Å². The highest BCUT2D eigenvalue weighted by molar-refractivity contribution is 5.94. The van der Waals surface area contributed by atoms with E-state index in [0.29, 0.717) is 17.8 Å². The minimum Gasteiger partial charge on any atom is -0.348 e. The van der Waals surface area contributed by atoms with Gasteiger partial charge in [0.05, 0.1) is 11.6 Å². The van der Waals surface area contributed by atoms with Crippen molar-refractivity contribution < 1.29 is 9.59 Å². The van der Waals surface area contributed by atoms with Crippen molar-refractivity contribution in [2.45, 2.75) is 13.0 Å². The highest BCUT2D eigenvalue weighted by atomic mass is 16.2. The Balaban J connectivity index is 1.88. The number of aromatic nitrogens is 1. The van der Waals surface area contributed by atoms with Gasteiger partial charge < -0.3 is 10.6 Å². The van der Waals surface area contributed by atoms with Crippen molar-refractivity contribution in [2.24, 2.45) is 0 Å². The maximum Gasteiger partial charge on any atom is 0.253 e. The third-order valence-corrected chi connectivity index (χ3v) is 2.85. The van der Waals surface area contributed by atoms with Gasteiger partial charge in [0.1, 0.15) is 6.42 Å². The Kier molecular flexibility index (Phi) is 5.21. The van der Waals surface area contributed by atoms with Crippen molar-refractivity contribution in [3.05, 3.63) is 59.9 Å². The van der Waals surface area contributed by atoms with E-state index in [1.165, 1.54) is 6.20 Å². The van der Waals surface area contributed by atoms with Gasteiger partial charge >= 0.3 is 0 Å². The molecule has 0 bridgehead atoms. The first-order chi connectivity index (χ1) is 10.7. The number of nitriles is 1. The number of hydrogen-bond donors (Lipinski definition) is 2. The molecule has 2 amide bonds. The number of rotatable bonds is 5. The molecule has 0 aliphatic rings. The minimum atomic E-state index is -0.347. The number of anilines is 1. The third-order valence-electron chi connectivity index (χ3n) is 2.85. The molecule has 2 rings (SSSR count). The smallest absolute Gasteiger partial charge is 0.253 e. The maximum atomic E-state index is 11.9. The van der Waals surface area contributed by atoms with Crippen LogP contribution in [0.5, 0.6) is 0 Å². The fourth-order valence-corrected chi connectivity index (χ4v) is 1.76. The number of nitrogens with zero attached hydrogens (tertiary/aromatic N) is 2. The number of amides is 2. The van der Waals surface area contributed by atoms with Crippen molar-refractivity contribution in [1.82, 2.24) is 10.3 Å². The van der Waals surface area contributed by atoms with Crippen molar-refractivity contribution in [3.8, 4) is 6.07 Å². The van der Waals surface area contributed by atoms with Crippen LogP contribution in [0.4, 0.5) is 5.69 Å². The molecule has 1 aromatic heterocycles. The standard InChI is InChI=1S/C16H14N4O2/c17-8-7-15(21)20-14-5-3-12(4-6-14)10-19-16(22)13-2-1-9-18-11-13/h1-6,9,11H,7,10H2,(H,19,22)(H,20,21). The summed E-state index contributed by atoms with van der Waals surface area (Å²) in [6.45, 7) is 0.375. The van der Waals surface area contributed by atoms with Gasteiger partial charge in [-0.15, -0.1) is 0 Å². The molecule has 0 unspecified atom stereocenters. The minimum absolute atomic E-state index is 0.178. The fourth-order valence-electron chi connectivity index (χ4n) is 1.76. The lowest BCUT2D eigenvalue weighted by Crippen LogP contribution is -2.22. The molecule has 0 radical (unpaired) electrons. The average Bonchev–Trinajstić information content (AvgIpc) is 2.55. The van der Waals surface area contributed by atoms with Gasteiger partial charge in [-0.05, 0) is 29.8 Å². The maximum absolute atomic E-state index is 11.9. The van der Waals surface area contributed by atoms with Crippen LogP contribution in [-0.2, 0) is 11.3 Å². The molecule has 6 heteroatoms. The van der Waals surface area contributed by atoms with E-state index in [9.17, 15) is 9.59 Å². The quantitative estimate of drug-likeness (QED) is 0.880. The van der Waals surface area contributed by atoms with Crippen LogP contribution in [0.2, 0.25) is 0 Å². The predicted octanol–water partition coefficient (Wildman–Crippen LogP) is 1.86. The van der Waals surface area contributed by atoms with E-state index in [0.717, 1.165) is 5.56 Å². The third kappa shape index (κ3) is 4.42. The van der Waals surface area contributed by atoms with Crippen LogP contribution in [0, 0.1) is 11.3 Å². The first kappa shape index (κ1) is 15.2. The number of carbonyl (C=O) groups is 2. The molecule has 0 saturated heterocycles. The molecule has 22 heavy (non-hydrogen) atoms. The Labute approximate surface area is 127 Å². The van der Waals surface area contributed by atoms with Crippen LogP contribution in [0.3, 0.4) is 0 Å².